The van der Waals surface area contributed by atoms with Crippen molar-refractivity contribution in [3.05, 3.63) is 29.8 Å². The molecule has 0 heterocycles. The Morgan fingerprint density at radius 2 is 1.89 bits per heavy atom. The van der Waals surface area contributed by atoms with Gasteiger partial charge in [0.15, 0.2) is 0 Å². The number of carbonyl (C=O) groups is 2. The SMILES string of the molecule is CC(C)(CC(=O)Nc1ccc(C#N)cc1)C(=O)O. The van der Waals surface area contributed by atoms with Crippen molar-refractivity contribution in [2.75, 3.05) is 5.32 Å². The van der Waals surface area contributed by atoms with Crippen molar-refractivity contribution < 1.29 is 14.7 Å². The number of anilines is 1. The van der Waals surface area contributed by atoms with Gasteiger partial charge in [-0.25, -0.2) is 0 Å². The molecule has 0 aromatic heterocycles. The second-order valence-corrected chi connectivity index (χ2v) is 4.60. The van der Waals surface area contributed by atoms with E-state index < -0.39 is 11.4 Å². The van der Waals surface area contributed by atoms with E-state index in [1.54, 1.807) is 24.3 Å². The lowest BCUT2D eigenvalue weighted by molar-refractivity contribution is -0.148. The molecule has 5 heteroatoms. The average molecular weight is 246 g/mol. The Labute approximate surface area is 105 Å². The molecular weight excluding hydrogens is 232 g/mol. The maximum Gasteiger partial charge on any atom is 0.309 e. The number of nitrogens with zero attached hydrogens (tertiary/aromatic N) is 1. The van der Waals surface area contributed by atoms with Gasteiger partial charge in [0.1, 0.15) is 0 Å². The molecule has 0 fully saturated rings. The van der Waals surface area contributed by atoms with Crippen molar-refractivity contribution in [3.63, 3.8) is 0 Å². The number of aliphatic carboxylic acids is 1. The zero-order chi connectivity index (χ0) is 13.8. The van der Waals surface area contributed by atoms with E-state index in [1.165, 1.54) is 13.8 Å². The Hall–Kier alpha value is -2.35. The number of amides is 1. The first-order chi connectivity index (χ1) is 8.35. The predicted molar refractivity (Wildman–Crippen MR) is 65.8 cm³/mol. The summed E-state index contributed by atoms with van der Waals surface area (Å²) in [5, 5.41) is 20.1. The summed E-state index contributed by atoms with van der Waals surface area (Å²) in [6, 6.07) is 8.34. The van der Waals surface area contributed by atoms with Crippen LogP contribution in [-0.4, -0.2) is 17.0 Å². The van der Waals surface area contributed by atoms with Gasteiger partial charge < -0.3 is 10.4 Å². The Kier molecular flexibility index (Phi) is 4.05. The summed E-state index contributed by atoms with van der Waals surface area (Å²) in [7, 11) is 0. The van der Waals surface area contributed by atoms with Crippen molar-refractivity contribution in [3.8, 4) is 6.07 Å². The molecule has 1 amide bonds. The molecule has 0 saturated carbocycles. The topological polar surface area (TPSA) is 90.2 Å². The predicted octanol–water partition coefficient (Wildman–Crippen LogP) is 2.00. The monoisotopic (exact) mass is 246 g/mol. The minimum atomic E-state index is -1.10. The highest BCUT2D eigenvalue weighted by molar-refractivity contribution is 5.94. The zero-order valence-corrected chi connectivity index (χ0v) is 10.2. The largest absolute Gasteiger partial charge is 0.481 e. The highest BCUT2D eigenvalue weighted by atomic mass is 16.4. The van der Waals surface area contributed by atoms with E-state index in [9.17, 15) is 9.59 Å². The maximum atomic E-state index is 11.6. The van der Waals surface area contributed by atoms with Crippen LogP contribution >= 0.6 is 0 Å². The van der Waals surface area contributed by atoms with E-state index in [-0.39, 0.29) is 12.3 Å². The lowest BCUT2D eigenvalue weighted by Gasteiger charge is -2.18. The molecule has 0 aliphatic carbocycles. The van der Waals surface area contributed by atoms with Crippen LogP contribution < -0.4 is 5.32 Å². The van der Waals surface area contributed by atoms with Crippen LogP contribution in [0.2, 0.25) is 0 Å². The van der Waals surface area contributed by atoms with Gasteiger partial charge in [-0.15, -0.1) is 0 Å². The number of carboxylic acid groups (broad SMARTS) is 1. The lowest BCUT2D eigenvalue weighted by atomic mass is 9.89. The summed E-state index contributed by atoms with van der Waals surface area (Å²) in [4.78, 5) is 22.5. The molecule has 1 rings (SSSR count). The molecular formula is C13H14N2O3. The second-order valence-electron chi connectivity index (χ2n) is 4.60. The zero-order valence-electron chi connectivity index (χ0n) is 10.2. The van der Waals surface area contributed by atoms with Crippen LogP contribution in [0, 0.1) is 16.7 Å². The van der Waals surface area contributed by atoms with Crippen LogP contribution in [0.25, 0.3) is 0 Å². The first-order valence-electron chi connectivity index (χ1n) is 5.38. The first kappa shape index (κ1) is 13.7. The standard InChI is InChI=1S/C13H14N2O3/c1-13(2,12(17)18)7-11(16)15-10-5-3-9(8-14)4-6-10/h3-6H,7H2,1-2H3,(H,15,16)(H,17,18). The van der Waals surface area contributed by atoms with Crippen LogP contribution in [-0.2, 0) is 9.59 Å². The molecule has 18 heavy (non-hydrogen) atoms. The fourth-order valence-electron chi connectivity index (χ4n) is 1.31. The molecule has 1 aromatic rings. The van der Waals surface area contributed by atoms with Gasteiger partial charge in [-0.1, -0.05) is 0 Å². The number of nitrogens with one attached hydrogen (secondary N) is 1. The van der Waals surface area contributed by atoms with E-state index in [2.05, 4.69) is 5.32 Å². The number of carbonyl (C=O) groups excluding carboxylic acids is 1. The number of hydrogen-bond acceptors (Lipinski definition) is 3. The highest BCUT2D eigenvalue weighted by Crippen LogP contribution is 2.21. The molecule has 5 nitrogen and oxygen atoms in total. The Morgan fingerprint density at radius 1 is 1.33 bits per heavy atom. The molecule has 0 aliphatic heterocycles. The summed E-state index contributed by atoms with van der Waals surface area (Å²) in [6.45, 7) is 2.99. The normalized spacial score (nSPS) is 10.5. The number of benzene rings is 1. The average Bonchev–Trinajstić information content (AvgIpc) is 2.29. The molecule has 0 unspecified atom stereocenters. The van der Waals surface area contributed by atoms with E-state index in [4.69, 9.17) is 10.4 Å². The highest BCUT2D eigenvalue weighted by Gasteiger charge is 2.30. The number of nitriles is 1. The van der Waals surface area contributed by atoms with E-state index >= 15 is 0 Å². The fourth-order valence-corrected chi connectivity index (χ4v) is 1.31. The second kappa shape index (κ2) is 5.32. The van der Waals surface area contributed by atoms with Gasteiger partial charge in [0, 0.05) is 12.1 Å². The van der Waals surface area contributed by atoms with Crippen molar-refractivity contribution in [2.24, 2.45) is 5.41 Å². The van der Waals surface area contributed by atoms with Crippen LogP contribution in [0.5, 0.6) is 0 Å². The van der Waals surface area contributed by atoms with Crippen molar-refractivity contribution in [1.82, 2.24) is 0 Å². The van der Waals surface area contributed by atoms with Gasteiger partial charge in [0.2, 0.25) is 5.91 Å². The maximum absolute atomic E-state index is 11.6. The number of hydrogen-bond donors (Lipinski definition) is 2. The van der Waals surface area contributed by atoms with Crippen LogP contribution in [0.15, 0.2) is 24.3 Å². The summed E-state index contributed by atoms with van der Waals surface area (Å²) in [6.07, 6.45) is -0.109. The van der Waals surface area contributed by atoms with Gasteiger partial charge in [0.05, 0.1) is 17.0 Å². The van der Waals surface area contributed by atoms with Crippen molar-refractivity contribution >= 4 is 17.6 Å². The third-order valence-electron chi connectivity index (χ3n) is 2.48. The lowest BCUT2D eigenvalue weighted by Crippen LogP contribution is -2.29. The third-order valence-corrected chi connectivity index (χ3v) is 2.48. The Morgan fingerprint density at radius 3 is 2.33 bits per heavy atom. The molecule has 94 valence electrons. The fraction of sp³-hybridized carbons (Fsp3) is 0.308. The summed E-state index contributed by atoms with van der Waals surface area (Å²) >= 11 is 0. The summed E-state index contributed by atoms with van der Waals surface area (Å²) < 4.78 is 0. The smallest absolute Gasteiger partial charge is 0.309 e. The van der Waals surface area contributed by atoms with E-state index in [0.717, 1.165) is 0 Å². The molecule has 0 saturated heterocycles. The Balaban J connectivity index is 2.65. The molecule has 1 aromatic carbocycles. The van der Waals surface area contributed by atoms with E-state index in [1.807, 2.05) is 6.07 Å². The van der Waals surface area contributed by atoms with Crippen molar-refractivity contribution in [2.45, 2.75) is 20.3 Å². The van der Waals surface area contributed by atoms with Gasteiger partial charge >= 0.3 is 5.97 Å². The minimum absolute atomic E-state index is 0.109. The number of carboxylic acids is 1. The number of rotatable bonds is 4. The van der Waals surface area contributed by atoms with E-state index in [0.29, 0.717) is 11.3 Å². The molecule has 0 spiro atoms. The quantitative estimate of drug-likeness (QED) is 0.850. The summed E-state index contributed by atoms with van der Waals surface area (Å²) in [5.41, 5.74) is -0.0597. The van der Waals surface area contributed by atoms with Crippen LogP contribution in [0.3, 0.4) is 0 Å². The van der Waals surface area contributed by atoms with Crippen LogP contribution in [0.1, 0.15) is 25.8 Å². The van der Waals surface area contributed by atoms with Gasteiger partial charge in [-0.2, -0.15) is 5.26 Å². The van der Waals surface area contributed by atoms with Gasteiger partial charge in [-0.3, -0.25) is 9.59 Å². The first-order valence-corrected chi connectivity index (χ1v) is 5.38. The summed E-state index contributed by atoms with van der Waals surface area (Å²) in [5.74, 6) is -1.38. The molecule has 2 N–H and O–H groups in total. The van der Waals surface area contributed by atoms with Crippen molar-refractivity contribution in [1.29, 1.82) is 5.26 Å². The van der Waals surface area contributed by atoms with Gasteiger partial charge in [-0.05, 0) is 38.1 Å². The van der Waals surface area contributed by atoms with Crippen LogP contribution in [0.4, 0.5) is 5.69 Å². The minimum Gasteiger partial charge on any atom is -0.481 e. The Bertz CT molecular complexity index is 498. The molecule has 0 radical (unpaired) electrons. The third kappa shape index (κ3) is 3.59. The molecule has 0 aliphatic rings. The van der Waals surface area contributed by atoms with Gasteiger partial charge in [0.25, 0.3) is 0 Å². The molecule has 0 bridgehead atoms. The molecule has 0 atom stereocenters.